The second kappa shape index (κ2) is 9.53. The zero-order valence-corrected chi connectivity index (χ0v) is 16.4. The minimum Gasteiger partial charge on any atom is -0.325 e. The average Bonchev–Trinajstić information content (AvgIpc) is 2.57. The van der Waals surface area contributed by atoms with E-state index in [9.17, 15) is 9.59 Å². The van der Waals surface area contributed by atoms with E-state index in [0.717, 1.165) is 13.6 Å². The fraction of sp³-hybridized carbons (Fsp3) is 0.118. The molecular formula is C17H15BrIN3O2. The van der Waals surface area contributed by atoms with Gasteiger partial charge in [0.1, 0.15) is 0 Å². The summed E-state index contributed by atoms with van der Waals surface area (Å²) in [7, 11) is 0. The van der Waals surface area contributed by atoms with Gasteiger partial charge in [0.2, 0.25) is 11.8 Å². The first kappa shape index (κ1) is 18.6. The van der Waals surface area contributed by atoms with Crippen LogP contribution in [0, 0.1) is 3.57 Å². The second-order valence-electron chi connectivity index (χ2n) is 4.87. The van der Waals surface area contributed by atoms with Crippen molar-refractivity contribution in [3.63, 3.8) is 0 Å². The highest BCUT2D eigenvalue weighted by Crippen LogP contribution is 2.21. The molecular weight excluding hydrogens is 485 g/mol. The third kappa shape index (κ3) is 6.40. The normalized spacial score (nSPS) is 10.6. The molecule has 0 radical (unpaired) electrons. The summed E-state index contributed by atoms with van der Waals surface area (Å²) in [6.45, 7) is 0. The topological polar surface area (TPSA) is 70.6 Å². The number of nitrogens with zero attached hydrogens (tertiary/aromatic N) is 1. The van der Waals surface area contributed by atoms with E-state index in [-0.39, 0.29) is 24.7 Å². The van der Waals surface area contributed by atoms with Crippen LogP contribution in [-0.2, 0) is 9.59 Å². The van der Waals surface area contributed by atoms with E-state index in [1.54, 1.807) is 12.3 Å². The molecule has 0 saturated carbocycles. The monoisotopic (exact) mass is 499 g/mol. The Kier molecular flexibility index (Phi) is 7.38. The first-order valence-corrected chi connectivity index (χ1v) is 9.03. The molecule has 0 fully saturated rings. The number of hydrazone groups is 1. The molecule has 0 saturated heterocycles. The average molecular weight is 500 g/mol. The van der Waals surface area contributed by atoms with Crippen molar-refractivity contribution in [1.82, 2.24) is 5.43 Å². The van der Waals surface area contributed by atoms with Gasteiger partial charge in [-0.25, -0.2) is 5.43 Å². The molecule has 0 aliphatic heterocycles. The van der Waals surface area contributed by atoms with E-state index in [4.69, 9.17) is 0 Å². The fourth-order valence-corrected chi connectivity index (χ4v) is 2.53. The van der Waals surface area contributed by atoms with Crippen molar-refractivity contribution in [3.05, 3.63) is 62.1 Å². The number of para-hydroxylation sites is 1. The highest BCUT2D eigenvalue weighted by atomic mass is 127. The lowest BCUT2D eigenvalue weighted by molar-refractivity contribution is -0.124. The zero-order valence-electron chi connectivity index (χ0n) is 12.6. The number of halogens is 2. The summed E-state index contributed by atoms with van der Waals surface area (Å²) in [5.74, 6) is -0.530. The van der Waals surface area contributed by atoms with Crippen LogP contribution in [0.1, 0.15) is 18.4 Å². The van der Waals surface area contributed by atoms with Crippen molar-refractivity contribution >= 4 is 62.2 Å². The van der Waals surface area contributed by atoms with Gasteiger partial charge in [-0.3, -0.25) is 9.59 Å². The molecule has 0 atom stereocenters. The number of amides is 2. The Morgan fingerprint density at radius 3 is 2.42 bits per heavy atom. The molecule has 2 amide bonds. The van der Waals surface area contributed by atoms with Crippen LogP contribution in [0.3, 0.4) is 0 Å². The molecule has 2 rings (SSSR count). The van der Waals surface area contributed by atoms with Crippen LogP contribution in [0.4, 0.5) is 5.69 Å². The maximum absolute atomic E-state index is 11.8. The molecule has 124 valence electrons. The number of hydrogen-bond donors (Lipinski definition) is 2. The number of benzene rings is 2. The quantitative estimate of drug-likeness (QED) is 0.359. The van der Waals surface area contributed by atoms with E-state index in [2.05, 4.69) is 54.4 Å². The smallest absolute Gasteiger partial charge is 0.240 e. The van der Waals surface area contributed by atoms with E-state index in [1.165, 1.54) is 0 Å². The van der Waals surface area contributed by atoms with Crippen molar-refractivity contribution in [3.8, 4) is 0 Å². The summed E-state index contributed by atoms with van der Waals surface area (Å²) in [5.41, 5.74) is 3.99. The Hall–Kier alpha value is -1.74. The van der Waals surface area contributed by atoms with E-state index >= 15 is 0 Å². The van der Waals surface area contributed by atoms with Gasteiger partial charge in [-0.15, -0.1) is 0 Å². The maximum Gasteiger partial charge on any atom is 0.240 e. The van der Waals surface area contributed by atoms with Crippen LogP contribution < -0.4 is 10.7 Å². The summed E-state index contributed by atoms with van der Waals surface area (Å²) < 4.78 is 1.93. The Morgan fingerprint density at radius 1 is 1.04 bits per heavy atom. The summed E-state index contributed by atoms with van der Waals surface area (Å²) in [5, 5.41) is 6.63. The Balaban J connectivity index is 1.73. The number of carbonyl (C=O) groups excluding carboxylic acids is 2. The highest BCUT2D eigenvalue weighted by Gasteiger charge is 2.08. The summed E-state index contributed by atoms with van der Waals surface area (Å²) in [4.78, 5) is 23.5. The Labute approximate surface area is 162 Å². The molecule has 0 aromatic heterocycles. The minimum absolute atomic E-state index is 0.0698. The molecule has 0 bridgehead atoms. The van der Waals surface area contributed by atoms with Crippen molar-refractivity contribution in [2.24, 2.45) is 5.10 Å². The van der Waals surface area contributed by atoms with Crippen molar-refractivity contribution < 1.29 is 9.59 Å². The van der Waals surface area contributed by atoms with Crippen molar-refractivity contribution in [2.45, 2.75) is 12.8 Å². The van der Waals surface area contributed by atoms with Crippen LogP contribution >= 0.6 is 38.5 Å². The van der Waals surface area contributed by atoms with Crippen molar-refractivity contribution in [1.29, 1.82) is 0 Å². The largest absolute Gasteiger partial charge is 0.325 e. The molecule has 2 N–H and O–H groups in total. The Morgan fingerprint density at radius 2 is 1.71 bits per heavy atom. The van der Waals surface area contributed by atoms with E-state index in [0.29, 0.717) is 5.69 Å². The number of carbonyl (C=O) groups is 2. The molecule has 24 heavy (non-hydrogen) atoms. The predicted octanol–water partition coefficient (Wildman–Crippen LogP) is 3.92. The molecule has 0 unspecified atom stereocenters. The van der Waals surface area contributed by atoms with Gasteiger partial charge in [-0.2, -0.15) is 5.10 Å². The number of anilines is 1. The molecule has 0 aliphatic carbocycles. The van der Waals surface area contributed by atoms with Gasteiger partial charge >= 0.3 is 0 Å². The van der Waals surface area contributed by atoms with Crippen molar-refractivity contribution in [2.75, 3.05) is 5.32 Å². The minimum atomic E-state index is -0.306. The summed E-state index contributed by atoms with van der Waals surface area (Å²) >= 11 is 5.57. The molecule has 2 aromatic carbocycles. The number of rotatable bonds is 6. The third-order valence-corrected chi connectivity index (χ3v) is 4.41. The lowest BCUT2D eigenvalue weighted by atomic mass is 10.2. The number of hydrogen-bond acceptors (Lipinski definition) is 3. The van der Waals surface area contributed by atoms with E-state index < -0.39 is 0 Å². The lowest BCUT2D eigenvalue weighted by Crippen LogP contribution is -2.20. The van der Waals surface area contributed by atoms with Crippen LogP contribution in [0.2, 0.25) is 0 Å². The zero-order chi connectivity index (χ0) is 17.4. The maximum atomic E-state index is 11.8. The van der Waals surface area contributed by atoms with Gasteiger partial charge in [0.25, 0.3) is 0 Å². The molecule has 0 spiro atoms. The first-order chi connectivity index (χ1) is 11.5. The van der Waals surface area contributed by atoms with Gasteiger partial charge in [-0.05, 0) is 68.3 Å². The van der Waals surface area contributed by atoms with Crippen LogP contribution in [0.15, 0.2) is 58.1 Å². The van der Waals surface area contributed by atoms with E-state index in [1.807, 2.05) is 42.5 Å². The first-order valence-electron chi connectivity index (χ1n) is 7.16. The van der Waals surface area contributed by atoms with Gasteiger partial charge in [0.05, 0.1) is 11.9 Å². The van der Waals surface area contributed by atoms with Gasteiger partial charge in [0, 0.05) is 20.9 Å². The number of nitrogens with one attached hydrogen (secondary N) is 2. The molecule has 5 nitrogen and oxygen atoms in total. The molecule has 2 aromatic rings. The van der Waals surface area contributed by atoms with Crippen LogP contribution in [0.25, 0.3) is 0 Å². The van der Waals surface area contributed by atoms with Gasteiger partial charge in [0.15, 0.2) is 0 Å². The summed E-state index contributed by atoms with van der Waals surface area (Å²) in [6, 6.07) is 15.0. The Bertz CT molecular complexity index is 748. The van der Waals surface area contributed by atoms with Crippen LogP contribution in [-0.4, -0.2) is 18.0 Å². The van der Waals surface area contributed by atoms with Crippen LogP contribution in [0.5, 0.6) is 0 Å². The molecule has 0 heterocycles. The second-order valence-corrected chi connectivity index (χ2v) is 6.97. The lowest BCUT2D eigenvalue weighted by Gasteiger charge is -2.06. The predicted molar refractivity (Wildman–Crippen MR) is 107 cm³/mol. The standard InChI is InChI=1S/C17H15BrIN3O2/c18-14-3-1-2-4-15(14)21-16(23)9-10-17(24)22-20-11-12-5-7-13(19)8-6-12/h1-8,11H,9-10H2,(H,21,23)(H,22,24). The van der Waals surface area contributed by atoms with Gasteiger partial charge < -0.3 is 5.32 Å². The fourth-order valence-electron chi connectivity index (χ4n) is 1.79. The molecule has 7 heteroatoms. The highest BCUT2D eigenvalue weighted by molar-refractivity contribution is 14.1. The SMILES string of the molecule is O=C(CCC(=O)Nc1ccccc1Br)NN=Cc1ccc(I)cc1. The third-order valence-electron chi connectivity index (χ3n) is 3.00. The molecule has 0 aliphatic rings. The van der Waals surface area contributed by atoms with Gasteiger partial charge in [-0.1, -0.05) is 24.3 Å². The summed E-state index contributed by atoms with van der Waals surface area (Å²) in [6.07, 6.45) is 1.72.